The van der Waals surface area contributed by atoms with E-state index in [1.807, 2.05) is 26.0 Å². The standard InChI is InChI=1S/C32H35FN6O4/c1-5-43-22-15-19(29(40)37-23-16-18(9-11-35-23)17-6-7-17)14-21(33)24(22)25-26-27(34)36-12-13-39(26)28(38-25)20-8-10-32(4,30(41)42)31(20,2)3/h9,11-17,20H,5-8,10H2,1-4H3,(H2,34,36)(H,41,42)(H,35,37,40)/t20-,32+/m0/s1. The third-order valence-electron chi connectivity index (χ3n) is 9.55. The van der Waals surface area contributed by atoms with Crippen LogP contribution in [0.15, 0.2) is 42.9 Å². The summed E-state index contributed by atoms with van der Waals surface area (Å²) in [6.07, 6.45) is 8.16. The number of carbonyl (C=O) groups excluding carboxylic acids is 1. The number of pyridine rings is 1. The van der Waals surface area contributed by atoms with Crippen LogP contribution in [0.4, 0.5) is 16.0 Å². The van der Waals surface area contributed by atoms with E-state index < -0.39 is 28.5 Å². The van der Waals surface area contributed by atoms with Gasteiger partial charge in [-0.1, -0.05) is 13.8 Å². The summed E-state index contributed by atoms with van der Waals surface area (Å²) in [6.45, 7) is 7.59. The summed E-state index contributed by atoms with van der Waals surface area (Å²) >= 11 is 0. The fraction of sp³-hybridized carbons (Fsp3) is 0.406. The van der Waals surface area contributed by atoms with Gasteiger partial charge in [0.15, 0.2) is 0 Å². The van der Waals surface area contributed by atoms with E-state index in [0.717, 1.165) is 24.5 Å². The number of hydrogen-bond acceptors (Lipinski definition) is 7. The Labute approximate surface area is 248 Å². The number of ether oxygens (including phenoxy) is 1. The Morgan fingerprint density at radius 3 is 2.60 bits per heavy atom. The first-order valence-corrected chi connectivity index (χ1v) is 14.6. The average molecular weight is 587 g/mol. The van der Waals surface area contributed by atoms with E-state index in [-0.39, 0.29) is 40.9 Å². The second-order valence-electron chi connectivity index (χ2n) is 12.3. The Morgan fingerprint density at radius 2 is 1.93 bits per heavy atom. The number of hydrogen-bond donors (Lipinski definition) is 3. The molecule has 2 aliphatic rings. The van der Waals surface area contributed by atoms with Gasteiger partial charge in [0, 0.05) is 30.1 Å². The molecular formula is C32H35FN6O4. The van der Waals surface area contributed by atoms with Crippen molar-refractivity contribution in [2.75, 3.05) is 17.7 Å². The monoisotopic (exact) mass is 586 g/mol. The number of aliphatic carboxylic acids is 1. The quantitative estimate of drug-likeness (QED) is 0.227. The van der Waals surface area contributed by atoms with Gasteiger partial charge >= 0.3 is 5.97 Å². The number of carboxylic acids is 1. The maximum absolute atomic E-state index is 16.2. The van der Waals surface area contributed by atoms with Gasteiger partial charge < -0.3 is 20.9 Å². The van der Waals surface area contributed by atoms with Crippen molar-refractivity contribution in [3.05, 3.63) is 65.6 Å². The van der Waals surface area contributed by atoms with Crippen LogP contribution in [0.3, 0.4) is 0 Å². The molecule has 0 unspecified atom stereocenters. The molecule has 6 rings (SSSR count). The van der Waals surface area contributed by atoms with E-state index in [1.165, 1.54) is 12.3 Å². The smallest absolute Gasteiger partial charge is 0.309 e. The molecule has 10 nitrogen and oxygen atoms in total. The molecule has 11 heteroatoms. The number of rotatable bonds is 8. The number of carbonyl (C=O) groups is 2. The van der Waals surface area contributed by atoms with E-state index in [0.29, 0.717) is 35.9 Å². The molecule has 0 aliphatic heterocycles. The number of benzene rings is 1. The van der Waals surface area contributed by atoms with Crippen molar-refractivity contribution in [1.29, 1.82) is 0 Å². The predicted molar refractivity (Wildman–Crippen MR) is 160 cm³/mol. The lowest BCUT2D eigenvalue weighted by Crippen LogP contribution is -2.40. The van der Waals surface area contributed by atoms with Gasteiger partial charge in [0.2, 0.25) is 0 Å². The van der Waals surface area contributed by atoms with E-state index in [9.17, 15) is 14.7 Å². The minimum Gasteiger partial charge on any atom is -0.493 e. The van der Waals surface area contributed by atoms with Crippen LogP contribution in [-0.2, 0) is 4.79 Å². The van der Waals surface area contributed by atoms with Gasteiger partial charge in [0.25, 0.3) is 5.91 Å². The van der Waals surface area contributed by atoms with Gasteiger partial charge in [-0.2, -0.15) is 0 Å². The highest BCUT2D eigenvalue weighted by Gasteiger charge is 2.57. The van der Waals surface area contributed by atoms with Gasteiger partial charge in [-0.25, -0.2) is 19.3 Å². The normalized spacial score (nSPS) is 21.2. The molecule has 0 spiro atoms. The maximum atomic E-state index is 16.2. The van der Waals surface area contributed by atoms with Crippen LogP contribution >= 0.6 is 0 Å². The summed E-state index contributed by atoms with van der Waals surface area (Å²) in [7, 11) is 0. The number of nitrogen functional groups attached to an aromatic ring is 1. The zero-order chi connectivity index (χ0) is 30.7. The number of imidazole rings is 1. The van der Waals surface area contributed by atoms with Crippen molar-refractivity contribution in [2.45, 2.75) is 65.2 Å². The lowest BCUT2D eigenvalue weighted by Gasteiger charge is -2.38. The maximum Gasteiger partial charge on any atom is 0.309 e. The Bertz CT molecular complexity index is 1760. The molecule has 2 atom stereocenters. The summed E-state index contributed by atoms with van der Waals surface area (Å²) in [5.74, 6) is -0.650. The highest BCUT2D eigenvalue weighted by Crippen LogP contribution is 2.60. The molecule has 4 N–H and O–H groups in total. The fourth-order valence-corrected chi connectivity index (χ4v) is 6.43. The molecule has 2 fully saturated rings. The zero-order valence-corrected chi connectivity index (χ0v) is 24.6. The molecule has 2 saturated carbocycles. The Hall–Kier alpha value is -4.54. The second kappa shape index (κ2) is 10.3. The van der Waals surface area contributed by atoms with Crippen LogP contribution in [0.1, 0.15) is 87.0 Å². The molecule has 0 saturated heterocycles. The number of amides is 1. The SMILES string of the molecule is CCOc1cc(C(=O)Nc2cc(C3CC3)ccn2)cc(F)c1-c1nc([C@@H]2CC[C@](C)(C(=O)O)C2(C)C)n2ccnc(N)c12. The van der Waals surface area contributed by atoms with E-state index in [4.69, 9.17) is 15.5 Å². The minimum atomic E-state index is -0.980. The number of nitrogens with two attached hydrogens (primary N) is 1. The fourth-order valence-electron chi connectivity index (χ4n) is 6.43. The molecule has 3 aromatic heterocycles. The van der Waals surface area contributed by atoms with Crippen LogP contribution < -0.4 is 15.8 Å². The molecular weight excluding hydrogens is 551 g/mol. The van der Waals surface area contributed by atoms with Crippen molar-refractivity contribution in [2.24, 2.45) is 10.8 Å². The third kappa shape index (κ3) is 4.67. The zero-order valence-electron chi connectivity index (χ0n) is 24.6. The molecule has 224 valence electrons. The number of halogens is 1. The van der Waals surface area contributed by atoms with Crippen LogP contribution in [0.25, 0.3) is 16.8 Å². The van der Waals surface area contributed by atoms with Gasteiger partial charge in [0.1, 0.15) is 40.2 Å². The van der Waals surface area contributed by atoms with Gasteiger partial charge in [-0.3, -0.25) is 14.0 Å². The molecule has 4 aromatic rings. The Morgan fingerprint density at radius 1 is 1.16 bits per heavy atom. The van der Waals surface area contributed by atoms with Crippen molar-refractivity contribution in [3.8, 4) is 17.0 Å². The minimum absolute atomic E-state index is 0.0486. The molecule has 1 aromatic carbocycles. The van der Waals surface area contributed by atoms with Crippen molar-refractivity contribution in [1.82, 2.24) is 19.4 Å². The third-order valence-corrected chi connectivity index (χ3v) is 9.55. The van der Waals surface area contributed by atoms with Crippen LogP contribution in [0.2, 0.25) is 0 Å². The van der Waals surface area contributed by atoms with Crippen LogP contribution in [0, 0.1) is 16.6 Å². The first kappa shape index (κ1) is 28.6. The Kier molecular flexibility index (Phi) is 6.86. The van der Waals surface area contributed by atoms with Crippen LogP contribution in [0.5, 0.6) is 5.75 Å². The molecule has 1 amide bonds. The summed E-state index contributed by atoms with van der Waals surface area (Å²) in [5, 5.41) is 12.9. The number of fused-ring (bicyclic) bond motifs is 1. The topological polar surface area (TPSA) is 145 Å². The largest absolute Gasteiger partial charge is 0.493 e. The summed E-state index contributed by atoms with van der Waals surface area (Å²) < 4.78 is 23.8. The lowest BCUT2D eigenvalue weighted by molar-refractivity contribution is -0.153. The van der Waals surface area contributed by atoms with Crippen LogP contribution in [-0.4, -0.2) is 42.9 Å². The molecule has 0 radical (unpaired) electrons. The summed E-state index contributed by atoms with van der Waals surface area (Å²) in [6, 6.07) is 6.42. The van der Waals surface area contributed by atoms with Gasteiger partial charge in [0.05, 0.1) is 17.6 Å². The first-order chi connectivity index (χ1) is 20.5. The number of aromatic nitrogens is 4. The predicted octanol–water partition coefficient (Wildman–Crippen LogP) is 6.04. The lowest BCUT2D eigenvalue weighted by atomic mass is 9.65. The van der Waals surface area contributed by atoms with E-state index >= 15 is 4.39 Å². The number of carboxylic acid groups (broad SMARTS) is 1. The first-order valence-electron chi connectivity index (χ1n) is 14.6. The van der Waals surface area contributed by atoms with Crippen molar-refractivity contribution >= 4 is 29.0 Å². The molecule has 3 heterocycles. The molecule has 43 heavy (non-hydrogen) atoms. The van der Waals surface area contributed by atoms with E-state index in [1.54, 1.807) is 30.6 Å². The number of anilines is 2. The molecule has 2 aliphatic carbocycles. The highest BCUT2D eigenvalue weighted by molar-refractivity contribution is 6.05. The number of nitrogens with zero attached hydrogens (tertiary/aromatic N) is 4. The Balaban J connectivity index is 1.44. The summed E-state index contributed by atoms with van der Waals surface area (Å²) in [5.41, 5.74) is 6.52. The average Bonchev–Trinajstić information content (AvgIpc) is 3.70. The van der Waals surface area contributed by atoms with Gasteiger partial charge in [-0.05, 0) is 80.7 Å². The molecule has 0 bridgehead atoms. The second-order valence-corrected chi connectivity index (χ2v) is 12.3. The summed E-state index contributed by atoms with van der Waals surface area (Å²) in [4.78, 5) is 38.9. The van der Waals surface area contributed by atoms with Crippen molar-refractivity contribution in [3.63, 3.8) is 0 Å². The van der Waals surface area contributed by atoms with Crippen molar-refractivity contribution < 1.29 is 23.8 Å². The van der Waals surface area contributed by atoms with Gasteiger partial charge in [-0.15, -0.1) is 0 Å². The number of nitrogens with one attached hydrogen (secondary N) is 1. The van der Waals surface area contributed by atoms with E-state index in [2.05, 4.69) is 15.3 Å². The highest BCUT2D eigenvalue weighted by atomic mass is 19.1.